The molecule has 0 radical (unpaired) electrons. The maximum Gasteiger partial charge on any atom is 0.266 e. The minimum atomic E-state index is -0.0983. The smallest absolute Gasteiger partial charge is 0.266 e. The maximum absolute atomic E-state index is 12.3. The van der Waals surface area contributed by atoms with Crippen LogP contribution in [0.5, 0.6) is 11.5 Å². The van der Waals surface area contributed by atoms with Crippen LogP contribution in [0.3, 0.4) is 0 Å². The summed E-state index contributed by atoms with van der Waals surface area (Å²) in [5.41, 5.74) is 7.98. The Morgan fingerprint density at radius 3 is 2.00 bits per heavy atom. The molecule has 5 aromatic heterocycles. The van der Waals surface area contributed by atoms with Gasteiger partial charge >= 0.3 is 0 Å². The molecule has 0 saturated carbocycles. The molecule has 0 unspecified atom stereocenters. The molecular formula is C43H37N5O4S. The number of thiophene rings is 1. The van der Waals surface area contributed by atoms with Crippen molar-refractivity contribution in [3.05, 3.63) is 171 Å². The van der Waals surface area contributed by atoms with Crippen LogP contribution in [0.2, 0.25) is 0 Å². The highest BCUT2D eigenvalue weighted by molar-refractivity contribution is 7.13. The zero-order valence-corrected chi connectivity index (χ0v) is 30.4. The summed E-state index contributed by atoms with van der Waals surface area (Å²) in [6, 6.07) is 34.9. The zero-order chi connectivity index (χ0) is 36.7. The number of nitrogens with zero attached hydrogens (tertiary/aromatic N) is 5. The quantitative estimate of drug-likeness (QED) is 0.148. The number of rotatable bonds is 9. The van der Waals surface area contributed by atoms with Gasteiger partial charge in [0.15, 0.2) is 0 Å². The number of ether oxygens (including phenoxy) is 2. The van der Waals surface area contributed by atoms with Crippen LogP contribution in [0.1, 0.15) is 16.7 Å². The first-order valence-electron chi connectivity index (χ1n) is 17.1. The van der Waals surface area contributed by atoms with Crippen LogP contribution in [-0.2, 0) is 19.5 Å². The Kier molecular flexibility index (Phi) is 10.5. The summed E-state index contributed by atoms with van der Waals surface area (Å²) >= 11 is 1.69. The number of fused-ring (bicyclic) bond motifs is 2. The molecule has 9 nitrogen and oxygen atoms in total. The van der Waals surface area contributed by atoms with E-state index >= 15 is 0 Å². The number of hydrogen-bond acceptors (Lipinski definition) is 8. The molecule has 0 bridgehead atoms. The summed E-state index contributed by atoms with van der Waals surface area (Å²) in [5.74, 6) is 1.45. The van der Waals surface area contributed by atoms with Crippen molar-refractivity contribution < 1.29 is 9.47 Å². The van der Waals surface area contributed by atoms with Crippen molar-refractivity contribution in [1.82, 2.24) is 24.3 Å². The second kappa shape index (κ2) is 15.9. The van der Waals surface area contributed by atoms with Crippen LogP contribution in [0, 0.1) is 6.92 Å². The fourth-order valence-electron chi connectivity index (χ4n) is 5.99. The molecule has 0 amide bonds. The van der Waals surface area contributed by atoms with E-state index in [2.05, 4.69) is 45.6 Å². The summed E-state index contributed by atoms with van der Waals surface area (Å²) in [6.45, 7) is 3.11. The number of benzene rings is 3. The van der Waals surface area contributed by atoms with Crippen LogP contribution in [0.4, 0.5) is 0 Å². The highest BCUT2D eigenvalue weighted by Gasteiger charge is 2.08. The van der Waals surface area contributed by atoms with E-state index in [9.17, 15) is 9.59 Å². The van der Waals surface area contributed by atoms with Crippen molar-refractivity contribution in [2.45, 2.75) is 26.4 Å². The van der Waals surface area contributed by atoms with Gasteiger partial charge in [-0.3, -0.25) is 19.6 Å². The second-order valence-electron chi connectivity index (χ2n) is 12.6. The summed E-state index contributed by atoms with van der Waals surface area (Å²) in [4.78, 5) is 34.4. The molecule has 10 heteroatoms. The van der Waals surface area contributed by atoms with Crippen molar-refractivity contribution in [2.24, 2.45) is 0 Å². The monoisotopic (exact) mass is 719 g/mol. The van der Waals surface area contributed by atoms with Crippen molar-refractivity contribution in [1.29, 1.82) is 0 Å². The molecule has 264 valence electrons. The summed E-state index contributed by atoms with van der Waals surface area (Å²) in [7, 11) is 3.26. The molecule has 8 rings (SSSR count). The largest absolute Gasteiger partial charge is 0.495 e. The van der Waals surface area contributed by atoms with Crippen LogP contribution in [0.25, 0.3) is 43.5 Å². The van der Waals surface area contributed by atoms with Gasteiger partial charge in [0, 0.05) is 51.7 Å². The topological polar surface area (TPSA) is 101 Å². The molecule has 53 heavy (non-hydrogen) atoms. The molecule has 0 atom stereocenters. The van der Waals surface area contributed by atoms with Crippen molar-refractivity contribution >= 4 is 33.1 Å². The van der Waals surface area contributed by atoms with Gasteiger partial charge in [0.1, 0.15) is 11.5 Å². The average molecular weight is 720 g/mol. The number of aromatic nitrogens is 5. The van der Waals surface area contributed by atoms with Gasteiger partial charge in [-0.25, -0.2) is 4.68 Å². The van der Waals surface area contributed by atoms with Crippen LogP contribution >= 0.6 is 11.3 Å². The van der Waals surface area contributed by atoms with E-state index in [1.165, 1.54) is 15.1 Å². The van der Waals surface area contributed by atoms with E-state index < -0.39 is 0 Å². The van der Waals surface area contributed by atoms with E-state index in [0.717, 1.165) is 61.3 Å². The molecular weight excluding hydrogens is 683 g/mol. The summed E-state index contributed by atoms with van der Waals surface area (Å²) < 4.78 is 13.8. The van der Waals surface area contributed by atoms with E-state index in [0.29, 0.717) is 19.5 Å². The molecule has 0 saturated heterocycles. The minimum Gasteiger partial charge on any atom is -0.495 e. The first-order valence-corrected chi connectivity index (χ1v) is 18.0. The van der Waals surface area contributed by atoms with Crippen LogP contribution in [-0.4, -0.2) is 38.5 Å². The van der Waals surface area contributed by atoms with Crippen molar-refractivity contribution in [3.8, 4) is 33.2 Å². The van der Waals surface area contributed by atoms with Crippen LogP contribution < -0.4 is 20.6 Å². The van der Waals surface area contributed by atoms with Gasteiger partial charge in [0.25, 0.3) is 11.1 Å². The maximum atomic E-state index is 12.3. The van der Waals surface area contributed by atoms with Gasteiger partial charge in [-0.1, -0.05) is 42.5 Å². The Labute approximate surface area is 310 Å². The number of aryl methyl sites for hydroxylation is 3. The molecule has 0 spiro atoms. The number of pyridine rings is 3. The van der Waals surface area contributed by atoms with Gasteiger partial charge in [0.2, 0.25) is 0 Å². The molecule has 0 aliphatic rings. The fraction of sp³-hybridized carbons (Fsp3) is 0.140. The first-order chi connectivity index (χ1) is 25.8. The van der Waals surface area contributed by atoms with Crippen LogP contribution in [0.15, 0.2) is 143 Å². The van der Waals surface area contributed by atoms with Gasteiger partial charge in [-0.15, -0.1) is 11.3 Å². The third-order valence-corrected chi connectivity index (χ3v) is 9.91. The minimum absolute atomic E-state index is 0.00843. The lowest BCUT2D eigenvalue weighted by atomic mass is 10.1. The first kappa shape index (κ1) is 35.0. The van der Waals surface area contributed by atoms with Gasteiger partial charge in [-0.2, -0.15) is 5.10 Å². The highest BCUT2D eigenvalue weighted by atomic mass is 32.1. The molecule has 0 aliphatic carbocycles. The molecule has 0 fully saturated rings. The molecule has 3 aromatic carbocycles. The molecule has 0 N–H and O–H groups in total. The van der Waals surface area contributed by atoms with Crippen molar-refractivity contribution in [2.75, 3.05) is 14.2 Å². The SMILES string of the molecule is COc1cnc2ccc(CCn3nc(-c4ccccc4)ccc3=O)cc2c1.COc1cnc2ccc(Cn3cc(-c4cc(C)cs4)ccc3=O)cc2c1. The predicted molar refractivity (Wildman–Crippen MR) is 212 cm³/mol. The Morgan fingerprint density at radius 2 is 1.34 bits per heavy atom. The Balaban J connectivity index is 0.000000164. The van der Waals surface area contributed by atoms with Gasteiger partial charge < -0.3 is 14.0 Å². The van der Waals surface area contributed by atoms with Gasteiger partial charge in [-0.05, 0) is 90.0 Å². The predicted octanol–water partition coefficient (Wildman–Crippen LogP) is 8.20. The Hall–Kier alpha value is -6.39. The number of hydrogen-bond donors (Lipinski definition) is 0. The lowest BCUT2D eigenvalue weighted by molar-refractivity contribution is 0.413. The second-order valence-corrected chi connectivity index (χ2v) is 13.5. The molecule has 8 aromatic rings. The fourth-order valence-corrected chi connectivity index (χ4v) is 6.88. The third kappa shape index (κ3) is 8.40. The van der Waals surface area contributed by atoms with E-state index in [4.69, 9.17) is 9.47 Å². The molecule has 0 aliphatic heterocycles. The van der Waals surface area contributed by atoms with E-state index in [1.807, 2.05) is 79.0 Å². The summed E-state index contributed by atoms with van der Waals surface area (Å²) in [6.07, 6.45) is 6.06. The van der Waals surface area contributed by atoms with Gasteiger partial charge in [0.05, 0.1) is 49.9 Å². The lowest BCUT2D eigenvalue weighted by Gasteiger charge is -2.09. The van der Waals surface area contributed by atoms with E-state index in [-0.39, 0.29) is 11.1 Å². The van der Waals surface area contributed by atoms with Crippen molar-refractivity contribution in [3.63, 3.8) is 0 Å². The summed E-state index contributed by atoms with van der Waals surface area (Å²) in [5, 5.41) is 8.66. The standard InChI is InChI=1S/C22H19N3O2.C21H18N2O2S/c1-27-19-14-18-13-16(7-8-20(18)23-15-19)11-12-25-22(26)10-9-21(24-25)17-5-3-2-4-6-17;1-14-7-20(26-13-14)16-4-6-21(24)23(12-16)11-15-3-5-19-17(8-15)9-18(25-2)10-22-19/h2-10,13-15H,11-12H2,1H3;3-10,12-13H,11H2,1-2H3. The highest BCUT2D eigenvalue weighted by Crippen LogP contribution is 2.27. The average Bonchev–Trinajstić information content (AvgIpc) is 3.64. The normalized spacial score (nSPS) is 10.9. The number of methoxy groups -OCH3 is 2. The molecule has 5 heterocycles. The lowest BCUT2D eigenvalue weighted by Crippen LogP contribution is -2.23. The Bertz CT molecular complexity index is 2650. The zero-order valence-electron chi connectivity index (χ0n) is 29.6. The third-order valence-electron chi connectivity index (χ3n) is 8.81. The van der Waals surface area contributed by atoms with E-state index in [1.54, 1.807) is 60.7 Å². The Morgan fingerprint density at radius 1 is 0.679 bits per heavy atom.